The number of nitrogens with one attached hydrogen (secondary N) is 1. The Hall–Kier alpha value is -2.17. The first-order valence-electron chi connectivity index (χ1n) is 9.63. The van der Waals surface area contributed by atoms with Gasteiger partial charge >= 0.3 is 0 Å². The van der Waals surface area contributed by atoms with E-state index in [2.05, 4.69) is 26.1 Å². The summed E-state index contributed by atoms with van der Waals surface area (Å²) in [5, 5.41) is 3.17. The second-order valence-electron chi connectivity index (χ2n) is 8.06. The van der Waals surface area contributed by atoms with Crippen LogP contribution in [-0.4, -0.2) is 35.2 Å². The summed E-state index contributed by atoms with van der Waals surface area (Å²) >= 11 is 0. The monoisotopic (exact) mass is 356 g/mol. The third-order valence-corrected chi connectivity index (χ3v) is 5.81. The fraction of sp³-hybridized carbons (Fsp3) is 0.571. The third-order valence-electron chi connectivity index (χ3n) is 5.81. The molecule has 3 unspecified atom stereocenters. The van der Waals surface area contributed by atoms with Gasteiger partial charge in [0.2, 0.25) is 5.91 Å². The van der Waals surface area contributed by atoms with E-state index in [1.54, 1.807) is 24.3 Å². The third kappa shape index (κ3) is 3.67. The summed E-state index contributed by atoms with van der Waals surface area (Å²) in [5.41, 5.74) is 0.859. The average molecular weight is 356 g/mol. The molecule has 140 valence electrons. The van der Waals surface area contributed by atoms with Gasteiger partial charge in [0, 0.05) is 19.0 Å². The van der Waals surface area contributed by atoms with Crippen molar-refractivity contribution in [3.63, 3.8) is 0 Å². The molecular weight excluding hydrogens is 328 g/mol. The van der Waals surface area contributed by atoms with E-state index in [9.17, 15) is 14.4 Å². The number of imide groups is 1. The number of hydrogen-bond acceptors (Lipinski definition) is 3. The van der Waals surface area contributed by atoms with Gasteiger partial charge in [-0.05, 0) is 42.7 Å². The van der Waals surface area contributed by atoms with Crippen LogP contribution >= 0.6 is 0 Å². The van der Waals surface area contributed by atoms with Crippen LogP contribution in [0.1, 0.15) is 67.2 Å². The molecule has 0 saturated heterocycles. The minimum atomic E-state index is -0.301. The van der Waals surface area contributed by atoms with E-state index in [0.29, 0.717) is 28.9 Å². The fourth-order valence-corrected chi connectivity index (χ4v) is 4.30. The second kappa shape index (κ2) is 7.60. The molecule has 1 saturated carbocycles. The molecule has 1 heterocycles. The molecule has 2 aliphatic rings. The van der Waals surface area contributed by atoms with Gasteiger partial charge in [-0.3, -0.25) is 19.3 Å². The molecule has 0 aromatic heterocycles. The van der Waals surface area contributed by atoms with E-state index in [4.69, 9.17) is 0 Å². The number of carbonyl (C=O) groups excluding carboxylic acids is 3. The van der Waals surface area contributed by atoms with Crippen molar-refractivity contribution in [2.75, 3.05) is 6.54 Å². The quantitative estimate of drug-likeness (QED) is 0.824. The Morgan fingerprint density at radius 3 is 2.35 bits per heavy atom. The van der Waals surface area contributed by atoms with Crippen LogP contribution in [-0.2, 0) is 4.79 Å². The number of nitrogens with zero attached hydrogens (tertiary/aromatic N) is 1. The van der Waals surface area contributed by atoms with Crippen molar-refractivity contribution < 1.29 is 14.4 Å². The van der Waals surface area contributed by atoms with Crippen molar-refractivity contribution in [2.24, 2.45) is 17.8 Å². The van der Waals surface area contributed by atoms with Gasteiger partial charge in [0.05, 0.1) is 11.1 Å². The molecule has 1 aliphatic carbocycles. The first-order chi connectivity index (χ1) is 12.4. The van der Waals surface area contributed by atoms with Crippen molar-refractivity contribution in [1.29, 1.82) is 0 Å². The van der Waals surface area contributed by atoms with Crippen LogP contribution in [0.2, 0.25) is 0 Å². The van der Waals surface area contributed by atoms with Gasteiger partial charge in [-0.1, -0.05) is 39.3 Å². The highest BCUT2D eigenvalue weighted by molar-refractivity contribution is 6.21. The van der Waals surface area contributed by atoms with Gasteiger partial charge in [0.25, 0.3) is 11.8 Å². The molecule has 0 spiro atoms. The molecule has 1 aromatic rings. The molecule has 1 N–H and O–H groups in total. The lowest BCUT2D eigenvalue weighted by Crippen LogP contribution is -2.46. The van der Waals surface area contributed by atoms with E-state index in [0.717, 1.165) is 12.8 Å². The summed E-state index contributed by atoms with van der Waals surface area (Å²) in [5.74, 6) is 0.964. The summed E-state index contributed by atoms with van der Waals surface area (Å²) < 4.78 is 0. The molecule has 5 heteroatoms. The Balaban J connectivity index is 1.58. The van der Waals surface area contributed by atoms with Crippen LogP contribution in [0.15, 0.2) is 24.3 Å². The van der Waals surface area contributed by atoms with E-state index in [-0.39, 0.29) is 36.7 Å². The van der Waals surface area contributed by atoms with Crippen LogP contribution in [0.25, 0.3) is 0 Å². The Bertz CT molecular complexity index is 678. The zero-order valence-electron chi connectivity index (χ0n) is 15.8. The molecule has 1 aliphatic heterocycles. The Morgan fingerprint density at radius 2 is 1.77 bits per heavy atom. The zero-order chi connectivity index (χ0) is 18.8. The number of amides is 3. The van der Waals surface area contributed by atoms with Gasteiger partial charge in [0.15, 0.2) is 0 Å². The van der Waals surface area contributed by atoms with E-state index >= 15 is 0 Å². The number of rotatable bonds is 5. The van der Waals surface area contributed by atoms with Crippen LogP contribution in [0.5, 0.6) is 0 Å². The van der Waals surface area contributed by atoms with Crippen molar-refractivity contribution in [3.8, 4) is 0 Å². The molecule has 5 nitrogen and oxygen atoms in total. The van der Waals surface area contributed by atoms with Gasteiger partial charge in [-0.15, -0.1) is 0 Å². The zero-order valence-corrected chi connectivity index (χ0v) is 15.8. The molecule has 1 fully saturated rings. The molecule has 0 bridgehead atoms. The van der Waals surface area contributed by atoms with E-state index in [1.807, 2.05) is 0 Å². The molecule has 1 aromatic carbocycles. The smallest absolute Gasteiger partial charge is 0.261 e. The molecule has 26 heavy (non-hydrogen) atoms. The molecule has 3 rings (SSSR count). The lowest BCUT2D eigenvalue weighted by molar-refractivity contribution is -0.122. The fourth-order valence-electron chi connectivity index (χ4n) is 4.30. The van der Waals surface area contributed by atoms with Crippen LogP contribution < -0.4 is 5.32 Å². The van der Waals surface area contributed by atoms with Gasteiger partial charge in [-0.25, -0.2) is 0 Å². The highest BCUT2D eigenvalue weighted by Crippen LogP contribution is 2.33. The Kier molecular flexibility index (Phi) is 5.44. The maximum absolute atomic E-state index is 12.5. The van der Waals surface area contributed by atoms with Crippen LogP contribution in [0, 0.1) is 17.8 Å². The van der Waals surface area contributed by atoms with Gasteiger partial charge < -0.3 is 5.32 Å². The van der Waals surface area contributed by atoms with E-state index in [1.165, 1.54) is 11.3 Å². The van der Waals surface area contributed by atoms with Crippen molar-refractivity contribution in [2.45, 2.75) is 52.5 Å². The lowest BCUT2D eigenvalue weighted by Gasteiger charge is -2.37. The number of carbonyl (C=O) groups is 3. The maximum Gasteiger partial charge on any atom is 0.261 e. The molecular formula is C21H28N2O3. The second-order valence-corrected chi connectivity index (χ2v) is 8.06. The standard InChI is InChI=1S/C21H28N2O3/c1-13(2)15-9-8-14(3)12-18(15)22-19(24)10-11-23-20(25)16-6-4-5-7-17(16)21(23)26/h4-7,13-15,18H,8-12H2,1-3H3,(H,22,24). The molecule has 0 radical (unpaired) electrons. The summed E-state index contributed by atoms with van der Waals surface area (Å²) in [7, 11) is 0. The van der Waals surface area contributed by atoms with Crippen molar-refractivity contribution in [3.05, 3.63) is 35.4 Å². The topological polar surface area (TPSA) is 66.5 Å². The number of fused-ring (bicyclic) bond motifs is 1. The largest absolute Gasteiger partial charge is 0.353 e. The maximum atomic E-state index is 12.5. The molecule has 3 atom stereocenters. The Labute approximate surface area is 155 Å². The van der Waals surface area contributed by atoms with Gasteiger partial charge in [0.1, 0.15) is 0 Å². The van der Waals surface area contributed by atoms with Crippen molar-refractivity contribution >= 4 is 17.7 Å². The average Bonchev–Trinajstić information content (AvgIpc) is 2.84. The Morgan fingerprint density at radius 1 is 1.15 bits per heavy atom. The first kappa shape index (κ1) is 18.6. The summed E-state index contributed by atoms with van der Waals surface area (Å²) in [4.78, 5) is 38.4. The predicted octanol–water partition coefficient (Wildman–Crippen LogP) is 3.25. The first-order valence-corrected chi connectivity index (χ1v) is 9.63. The summed E-state index contributed by atoms with van der Waals surface area (Å²) in [6.45, 7) is 6.78. The lowest BCUT2D eigenvalue weighted by atomic mass is 9.74. The number of hydrogen-bond donors (Lipinski definition) is 1. The normalized spacial score (nSPS) is 25.5. The minimum absolute atomic E-state index is 0.0775. The number of benzene rings is 1. The van der Waals surface area contributed by atoms with Gasteiger partial charge in [-0.2, -0.15) is 0 Å². The molecule has 3 amide bonds. The summed E-state index contributed by atoms with van der Waals surface area (Å²) in [6.07, 6.45) is 3.51. The SMILES string of the molecule is CC1CCC(C(C)C)C(NC(=O)CCN2C(=O)c3ccccc3C2=O)C1. The summed E-state index contributed by atoms with van der Waals surface area (Å²) in [6, 6.07) is 7.00. The predicted molar refractivity (Wildman–Crippen MR) is 99.7 cm³/mol. The minimum Gasteiger partial charge on any atom is -0.353 e. The highest BCUT2D eigenvalue weighted by Gasteiger charge is 2.36. The van der Waals surface area contributed by atoms with Crippen LogP contribution in [0.3, 0.4) is 0 Å². The van der Waals surface area contributed by atoms with Crippen LogP contribution in [0.4, 0.5) is 0 Å². The van der Waals surface area contributed by atoms with Crippen molar-refractivity contribution in [1.82, 2.24) is 10.2 Å². The van der Waals surface area contributed by atoms with E-state index < -0.39 is 0 Å². The highest BCUT2D eigenvalue weighted by atomic mass is 16.2.